The number of nitrogens with zero attached hydrogens (tertiary/aromatic N) is 2. The number of anilines is 1. The number of hydrogen-bond acceptors (Lipinski definition) is 4. The standard InChI is InChI=1S/C9H5ClFN3OS/c10-5-2-1-3-6(11)7(5)8(15)13-9-14-12-4-16-9/h1-4H,(H,13,14,15). The Morgan fingerprint density at radius 1 is 1.50 bits per heavy atom. The molecule has 82 valence electrons. The molecule has 1 heterocycles. The van der Waals surface area contributed by atoms with Crippen LogP contribution in [0.4, 0.5) is 9.52 Å². The second kappa shape index (κ2) is 4.54. The van der Waals surface area contributed by atoms with Crippen LogP contribution in [0.5, 0.6) is 0 Å². The van der Waals surface area contributed by atoms with Crippen molar-refractivity contribution in [2.24, 2.45) is 0 Å². The first kappa shape index (κ1) is 11.0. The fraction of sp³-hybridized carbons (Fsp3) is 0. The molecule has 0 unspecified atom stereocenters. The lowest BCUT2D eigenvalue weighted by Crippen LogP contribution is -2.14. The van der Waals surface area contributed by atoms with E-state index in [4.69, 9.17) is 11.6 Å². The van der Waals surface area contributed by atoms with Crippen LogP contribution < -0.4 is 5.32 Å². The normalized spacial score (nSPS) is 10.1. The Kier molecular flexibility index (Phi) is 3.12. The second-order valence-corrected chi connectivity index (χ2v) is 4.04. The Bertz CT molecular complexity index is 497. The number of amides is 1. The number of benzene rings is 1. The Balaban J connectivity index is 2.28. The summed E-state index contributed by atoms with van der Waals surface area (Å²) in [6, 6.07) is 4.04. The molecule has 2 rings (SSSR count). The lowest BCUT2D eigenvalue weighted by Gasteiger charge is -2.04. The van der Waals surface area contributed by atoms with Gasteiger partial charge in [0.05, 0.1) is 10.6 Å². The highest BCUT2D eigenvalue weighted by molar-refractivity contribution is 7.13. The predicted octanol–water partition coefficient (Wildman–Crippen LogP) is 2.58. The predicted molar refractivity (Wildman–Crippen MR) is 59.3 cm³/mol. The summed E-state index contributed by atoms with van der Waals surface area (Å²) in [5.41, 5.74) is 1.26. The zero-order valence-corrected chi connectivity index (χ0v) is 9.35. The summed E-state index contributed by atoms with van der Waals surface area (Å²) in [6.07, 6.45) is 0. The lowest BCUT2D eigenvalue weighted by molar-refractivity contribution is 0.102. The summed E-state index contributed by atoms with van der Waals surface area (Å²) in [5, 5.41) is 9.91. The Morgan fingerprint density at radius 3 is 2.94 bits per heavy atom. The molecule has 1 aromatic heterocycles. The first-order valence-corrected chi connectivity index (χ1v) is 5.46. The molecule has 0 aliphatic rings. The van der Waals surface area contributed by atoms with Crippen molar-refractivity contribution in [1.82, 2.24) is 10.2 Å². The smallest absolute Gasteiger partial charge is 0.261 e. The number of hydrogen-bond donors (Lipinski definition) is 1. The minimum atomic E-state index is -0.672. The number of halogens is 2. The van der Waals surface area contributed by atoms with Gasteiger partial charge in [0.2, 0.25) is 5.13 Å². The van der Waals surface area contributed by atoms with Crippen LogP contribution in [0.25, 0.3) is 0 Å². The van der Waals surface area contributed by atoms with Gasteiger partial charge in [-0.1, -0.05) is 29.0 Å². The minimum Gasteiger partial charge on any atom is -0.296 e. The number of nitrogens with one attached hydrogen (secondary N) is 1. The van der Waals surface area contributed by atoms with E-state index in [1.807, 2.05) is 0 Å². The SMILES string of the molecule is O=C(Nc1nncs1)c1c(F)cccc1Cl. The van der Waals surface area contributed by atoms with Gasteiger partial charge in [0.1, 0.15) is 11.3 Å². The maximum atomic E-state index is 13.4. The van der Waals surface area contributed by atoms with Gasteiger partial charge < -0.3 is 0 Å². The number of rotatable bonds is 2. The lowest BCUT2D eigenvalue weighted by atomic mass is 10.2. The zero-order valence-electron chi connectivity index (χ0n) is 7.78. The van der Waals surface area contributed by atoms with Gasteiger partial charge in [-0.15, -0.1) is 10.2 Å². The van der Waals surface area contributed by atoms with E-state index in [1.165, 1.54) is 23.7 Å². The molecule has 0 aliphatic carbocycles. The monoisotopic (exact) mass is 257 g/mol. The van der Waals surface area contributed by atoms with Crippen molar-refractivity contribution in [2.45, 2.75) is 0 Å². The molecule has 1 aromatic carbocycles. The molecule has 2 aromatic rings. The van der Waals surface area contributed by atoms with Crippen molar-refractivity contribution in [2.75, 3.05) is 5.32 Å². The average molecular weight is 258 g/mol. The van der Waals surface area contributed by atoms with E-state index >= 15 is 0 Å². The highest BCUT2D eigenvalue weighted by atomic mass is 35.5. The van der Waals surface area contributed by atoms with Crippen LogP contribution in [0, 0.1) is 5.82 Å². The van der Waals surface area contributed by atoms with Gasteiger partial charge in [0, 0.05) is 0 Å². The third-order valence-corrected chi connectivity index (χ3v) is 2.69. The van der Waals surface area contributed by atoms with E-state index in [1.54, 1.807) is 0 Å². The van der Waals surface area contributed by atoms with Crippen molar-refractivity contribution < 1.29 is 9.18 Å². The fourth-order valence-electron chi connectivity index (χ4n) is 1.10. The van der Waals surface area contributed by atoms with Gasteiger partial charge in [-0.2, -0.15) is 0 Å². The molecule has 4 nitrogen and oxygen atoms in total. The Morgan fingerprint density at radius 2 is 2.31 bits per heavy atom. The molecule has 0 spiro atoms. The topological polar surface area (TPSA) is 54.9 Å². The van der Waals surface area contributed by atoms with Crippen molar-refractivity contribution in [3.05, 3.63) is 40.1 Å². The highest BCUT2D eigenvalue weighted by Gasteiger charge is 2.16. The van der Waals surface area contributed by atoms with Crippen LogP contribution in [0.3, 0.4) is 0 Å². The van der Waals surface area contributed by atoms with Crippen LogP contribution in [-0.4, -0.2) is 16.1 Å². The van der Waals surface area contributed by atoms with Gasteiger partial charge in [-0.3, -0.25) is 10.1 Å². The average Bonchev–Trinajstić information content (AvgIpc) is 2.70. The van der Waals surface area contributed by atoms with E-state index < -0.39 is 11.7 Å². The first-order valence-electron chi connectivity index (χ1n) is 4.20. The number of aromatic nitrogens is 2. The number of carbonyl (C=O) groups excluding carboxylic acids is 1. The molecule has 0 aliphatic heterocycles. The van der Waals surface area contributed by atoms with Crippen molar-refractivity contribution in [3.8, 4) is 0 Å². The summed E-state index contributed by atoms with van der Waals surface area (Å²) in [5.74, 6) is -1.31. The second-order valence-electron chi connectivity index (χ2n) is 2.79. The Labute approximate surface area is 99.1 Å². The zero-order chi connectivity index (χ0) is 11.5. The van der Waals surface area contributed by atoms with Gasteiger partial charge in [0.25, 0.3) is 5.91 Å². The van der Waals surface area contributed by atoms with E-state index in [0.29, 0.717) is 5.13 Å². The summed E-state index contributed by atoms with van der Waals surface area (Å²) >= 11 is 6.87. The third-order valence-electron chi connectivity index (χ3n) is 1.77. The largest absolute Gasteiger partial charge is 0.296 e. The van der Waals surface area contributed by atoms with E-state index in [9.17, 15) is 9.18 Å². The first-order chi connectivity index (χ1) is 7.68. The molecule has 1 amide bonds. The fourth-order valence-corrected chi connectivity index (χ4v) is 1.79. The van der Waals surface area contributed by atoms with Gasteiger partial charge in [-0.05, 0) is 12.1 Å². The van der Waals surface area contributed by atoms with Crippen molar-refractivity contribution in [3.63, 3.8) is 0 Å². The third kappa shape index (κ3) is 2.17. The van der Waals surface area contributed by atoms with Gasteiger partial charge >= 0.3 is 0 Å². The molecule has 7 heteroatoms. The van der Waals surface area contributed by atoms with Crippen LogP contribution in [0.15, 0.2) is 23.7 Å². The molecule has 1 N–H and O–H groups in total. The molecule has 0 fully saturated rings. The molecular weight excluding hydrogens is 253 g/mol. The summed E-state index contributed by atoms with van der Waals surface area (Å²) in [4.78, 5) is 11.7. The van der Waals surface area contributed by atoms with Gasteiger partial charge in [0.15, 0.2) is 0 Å². The molecule has 0 radical (unpaired) electrons. The molecule has 0 atom stereocenters. The van der Waals surface area contributed by atoms with E-state index in [0.717, 1.165) is 11.3 Å². The summed E-state index contributed by atoms with van der Waals surface area (Å²) < 4.78 is 13.4. The maximum Gasteiger partial charge on any atom is 0.261 e. The summed E-state index contributed by atoms with van der Waals surface area (Å²) in [6.45, 7) is 0. The molecule has 0 saturated heterocycles. The van der Waals surface area contributed by atoms with E-state index in [2.05, 4.69) is 15.5 Å². The van der Waals surface area contributed by atoms with Crippen LogP contribution in [0.2, 0.25) is 5.02 Å². The van der Waals surface area contributed by atoms with Crippen molar-refractivity contribution >= 4 is 34.0 Å². The molecule has 0 saturated carbocycles. The maximum absolute atomic E-state index is 13.4. The van der Waals surface area contributed by atoms with Crippen LogP contribution in [-0.2, 0) is 0 Å². The molecule has 16 heavy (non-hydrogen) atoms. The number of carbonyl (C=O) groups is 1. The van der Waals surface area contributed by atoms with Crippen LogP contribution >= 0.6 is 22.9 Å². The molecular formula is C9H5ClFN3OS. The van der Waals surface area contributed by atoms with Gasteiger partial charge in [-0.25, -0.2) is 4.39 Å². The quantitative estimate of drug-likeness (QED) is 0.900. The van der Waals surface area contributed by atoms with E-state index in [-0.39, 0.29) is 10.6 Å². The summed E-state index contributed by atoms with van der Waals surface area (Å²) in [7, 11) is 0. The van der Waals surface area contributed by atoms with Crippen molar-refractivity contribution in [1.29, 1.82) is 0 Å². The highest BCUT2D eigenvalue weighted by Crippen LogP contribution is 2.20. The minimum absolute atomic E-state index is 0.0574. The Hall–Kier alpha value is -1.53. The van der Waals surface area contributed by atoms with Crippen LogP contribution in [0.1, 0.15) is 10.4 Å². The molecule has 0 bridgehead atoms.